The first-order valence-electron chi connectivity index (χ1n) is 11.2. The zero-order valence-corrected chi connectivity index (χ0v) is 18.2. The van der Waals surface area contributed by atoms with Gasteiger partial charge in [-0.2, -0.15) is 0 Å². The van der Waals surface area contributed by atoms with Gasteiger partial charge in [0, 0.05) is 36.6 Å². The lowest BCUT2D eigenvalue weighted by Crippen LogP contribution is -2.42. The number of fused-ring (bicyclic) bond motifs is 1. The Morgan fingerprint density at radius 3 is 2.79 bits per heavy atom. The molecule has 9 heteroatoms. The third-order valence-electron chi connectivity index (χ3n) is 6.89. The SMILES string of the molecule is NC(=O)c1cn2c3c(c(NCCCc4ccccn4)c(F)c(N)c3c1=O)OCCC21CCC1. The van der Waals surface area contributed by atoms with Crippen LogP contribution in [0.5, 0.6) is 5.75 Å². The van der Waals surface area contributed by atoms with Crippen LogP contribution in [0.1, 0.15) is 48.2 Å². The highest BCUT2D eigenvalue weighted by Crippen LogP contribution is 2.49. The molecule has 3 aromatic rings. The molecule has 1 spiro atoms. The van der Waals surface area contributed by atoms with Gasteiger partial charge in [-0.05, 0) is 44.2 Å². The van der Waals surface area contributed by atoms with Gasteiger partial charge < -0.3 is 26.1 Å². The number of hydrogen-bond acceptors (Lipinski definition) is 6. The Hall–Kier alpha value is -3.62. The van der Waals surface area contributed by atoms with Crippen LogP contribution in [0.4, 0.5) is 15.8 Å². The number of carbonyl (C=O) groups excluding carboxylic acids is 1. The quantitative estimate of drug-likeness (QED) is 0.391. The van der Waals surface area contributed by atoms with Crippen LogP contribution >= 0.6 is 0 Å². The molecule has 0 bridgehead atoms. The van der Waals surface area contributed by atoms with Crippen LogP contribution in [0.15, 0.2) is 35.4 Å². The van der Waals surface area contributed by atoms with Crippen molar-refractivity contribution >= 4 is 28.2 Å². The van der Waals surface area contributed by atoms with Gasteiger partial charge in [-0.25, -0.2) is 4.39 Å². The molecule has 1 saturated carbocycles. The Bertz CT molecular complexity index is 1300. The molecule has 1 aliphatic carbocycles. The van der Waals surface area contributed by atoms with Crippen molar-refractivity contribution in [3.8, 4) is 5.75 Å². The third kappa shape index (κ3) is 3.39. The molecule has 0 saturated heterocycles. The monoisotopic (exact) mass is 451 g/mol. The van der Waals surface area contributed by atoms with Gasteiger partial charge in [0.15, 0.2) is 11.6 Å². The second-order valence-electron chi connectivity index (χ2n) is 8.79. The molecule has 1 aromatic carbocycles. The first kappa shape index (κ1) is 21.2. The first-order chi connectivity index (χ1) is 15.9. The third-order valence-corrected chi connectivity index (χ3v) is 6.89. The number of ether oxygens (including phenoxy) is 1. The smallest absolute Gasteiger partial charge is 0.254 e. The summed E-state index contributed by atoms with van der Waals surface area (Å²) < 4.78 is 23.4. The average Bonchev–Trinajstić information content (AvgIpc) is 2.95. The van der Waals surface area contributed by atoms with Gasteiger partial charge in [0.1, 0.15) is 11.3 Å². The number of aryl methyl sites for hydroxylation is 1. The molecule has 1 amide bonds. The second kappa shape index (κ2) is 8.06. The fourth-order valence-corrected chi connectivity index (χ4v) is 4.97. The Labute approximate surface area is 189 Å². The maximum atomic E-state index is 15.5. The van der Waals surface area contributed by atoms with E-state index in [0.29, 0.717) is 31.5 Å². The van der Waals surface area contributed by atoms with Gasteiger partial charge in [-0.1, -0.05) is 6.07 Å². The molecule has 0 radical (unpaired) electrons. The topological polar surface area (TPSA) is 125 Å². The molecule has 1 fully saturated rings. The van der Waals surface area contributed by atoms with Crippen molar-refractivity contribution in [3.63, 3.8) is 0 Å². The van der Waals surface area contributed by atoms with E-state index in [0.717, 1.165) is 31.4 Å². The van der Waals surface area contributed by atoms with Crippen LogP contribution < -0.4 is 26.9 Å². The van der Waals surface area contributed by atoms with E-state index in [9.17, 15) is 9.59 Å². The molecule has 5 N–H and O–H groups in total. The highest BCUT2D eigenvalue weighted by atomic mass is 19.1. The van der Waals surface area contributed by atoms with Gasteiger partial charge in [-0.3, -0.25) is 14.6 Å². The van der Waals surface area contributed by atoms with Crippen molar-refractivity contribution in [1.29, 1.82) is 0 Å². The van der Waals surface area contributed by atoms with E-state index in [-0.39, 0.29) is 33.6 Å². The highest BCUT2D eigenvalue weighted by molar-refractivity contribution is 6.04. The summed E-state index contributed by atoms with van der Waals surface area (Å²) in [5, 5.41) is 3.08. The fourth-order valence-electron chi connectivity index (χ4n) is 4.97. The number of pyridine rings is 2. The molecular formula is C24H26FN5O3. The number of benzene rings is 1. The minimum Gasteiger partial charge on any atom is -0.489 e. The van der Waals surface area contributed by atoms with Crippen LogP contribution in [0.25, 0.3) is 10.9 Å². The minimum atomic E-state index is -0.858. The summed E-state index contributed by atoms with van der Waals surface area (Å²) in [4.78, 5) is 29.4. The van der Waals surface area contributed by atoms with Gasteiger partial charge in [0.05, 0.1) is 23.2 Å². The molecule has 1 aliphatic heterocycles. The normalized spacial score (nSPS) is 16.2. The maximum absolute atomic E-state index is 15.5. The van der Waals surface area contributed by atoms with Crippen LogP contribution in [0.2, 0.25) is 0 Å². The van der Waals surface area contributed by atoms with E-state index in [1.807, 2.05) is 22.8 Å². The van der Waals surface area contributed by atoms with Crippen LogP contribution in [0.3, 0.4) is 0 Å². The summed E-state index contributed by atoms with van der Waals surface area (Å²) in [7, 11) is 0. The standard InChI is InChI=1S/C24H26FN5O3/c25-17-18(26)16-20-22(19(17)29-11-3-6-14-5-1-2-10-28-14)33-12-9-24(7-4-8-24)30(20)13-15(21(16)31)23(27)32/h1-2,5,10,13,29H,3-4,6-9,11-12,26H2,(H2,27,32). The van der Waals surface area contributed by atoms with Gasteiger partial charge in [-0.15, -0.1) is 0 Å². The van der Waals surface area contributed by atoms with Crippen molar-refractivity contribution in [2.75, 3.05) is 24.2 Å². The number of rotatable bonds is 6. The summed E-state index contributed by atoms with van der Waals surface area (Å²) in [5.41, 5.74) is 11.7. The summed E-state index contributed by atoms with van der Waals surface area (Å²) >= 11 is 0. The second-order valence-corrected chi connectivity index (χ2v) is 8.79. The largest absolute Gasteiger partial charge is 0.489 e. The summed E-state index contributed by atoms with van der Waals surface area (Å²) in [5.74, 6) is -1.36. The Balaban J connectivity index is 1.61. The molecular weight excluding hydrogens is 425 g/mol. The lowest BCUT2D eigenvalue weighted by molar-refractivity contribution is 0.0992. The zero-order chi connectivity index (χ0) is 23.2. The number of anilines is 2. The number of halogens is 1. The van der Waals surface area contributed by atoms with E-state index in [1.165, 1.54) is 6.20 Å². The van der Waals surface area contributed by atoms with Crippen molar-refractivity contribution in [1.82, 2.24) is 9.55 Å². The van der Waals surface area contributed by atoms with Crippen molar-refractivity contribution in [2.24, 2.45) is 5.73 Å². The number of nitrogens with one attached hydrogen (secondary N) is 1. The van der Waals surface area contributed by atoms with Crippen molar-refractivity contribution in [2.45, 2.75) is 44.1 Å². The van der Waals surface area contributed by atoms with Crippen LogP contribution in [-0.2, 0) is 12.0 Å². The fraction of sp³-hybridized carbons (Fsp3) is 0.375. The molecule has 0 unspecified atom stereocenters. The van der Waals surface area contributed by atoms with E-state index >= 15 is 4.39 Å². The molecule has 2 aliphatic rings. The van der Waals surface area contributed by atoms with Crippen LogP contribution in [-0.4, -0.2) is 28.6 Å². The molecule has 8 nitrogen and oxygen atoms in total. The minimum absolute atomic E-state index is 0.0500. The molecule has 3 heterocycles. The number of amides is 1. The summed E-state index contributed by atoms with van der Waals surface area (Å²) in [6, 6.07) is 5.73. The van der Waals surface area contributed by atoms with Crippen LogP contribution in [0, 0.1) is 5.82 Å². The number of nitrogens with two attached hydrogens (primary N) is 2. The average molecular weight is 452 g/mol. The number of hydrogen-bond donors (Lipinski definition) is 3. The molecule has 5 rings (SSSR count). The Morgan fingerprint density at radius 1 is 1.30 bits per heavy atom. The van der Waals surface area contributed by atoms with Gasteiger partial charge in [0.25, 0.3) is 5.91 Å². The summed E-state index contributed by atoms with van der Waals surface area (Å²) in [6.07, 6.45) is 8.13. The number of carbonyl (C=O) groups is 1. The molecule has 0 atom stereocenters. The van der Waals surface area contributed by atoms with Gasteiger partial charge >= 0.3 is 0 Å². The first-order valence-corrected chi connectivity index (χ1v) is 11.2. The van der Waals surface area contributed by atoms with Crippen molar-refractivity contribution in [3.05, 3.63) is 57.9 Å². The number of nitrogen functional groups attached to an aromatic ring is 1. The molecule has 33 heavy (non-hydrogen) atoms. The van der Waals surface area contributed by atoms with E-state index in [2.05, 4.69) is 10.3 Å². The predicted octanol–water partition coefficient (Wildman–Crippen LogP) is 2.92. The molecule has 2 aromatic heterocycles. The zero-order valence-electron chi connectivity index (χ0n) is 18.2. The highest BCUT2D eigenvalue weighted by Gasteiger charge is 2.42. The Kier molecular flexibility index (Phi) is 5.19. The molecule has 172 valence electrons. The van der Waals surface area contributed by atoms with E-state index in [1.54, 1.807) is 6.20 Å². The maximum Gasteiger partial charge on any atom is 0.254 e. The lowest BCUT2D eigenvalue weighted by atomic mass is 9.74. The van der Waals surface area contributed by atoms with Gasteiger partial charge in [0.2, 0.25) is 5.43 Å². The summed E-state index contributed by atoms with van der Waals surface area (Å²) in [6.45, 7) is 0.826. The number of aromatic nitrogens is 2. The number of nitrogens with zero attached hydrogens (tertiary/aromatic N) is 2. The predicted molar refractivity (Wildman–Crippen MR) is 124 cm³/mol. The Morgan fingerprint density at radius 2 is 2.12 bits per heavy atom. The van der Waals surface area contributed by atoms with E-state index in [4.69, 9.17) is 16.2 Å². The van der Waals surface area contributed by atoms with Crippen molar-refractivity contribution < 1.29 is 13.9 Å². The number of primary amides is 1. The lowest BCUT2D eigenvalue weighted by Gasteiger charge is -2.44. The van der Waals surface area contributed by atoms with E-state index < -0.39 is 17.2 Å².